The van der Waals surface area contributed by atoms with E-state index >= 15 is 0 Å². The summed E-state index contributed by atoms with van der Waals surface area (Å²) in [7, 11) is -4.12. The minimum absolute atomic E-state index is 0.0366. The van der Waals surface area contributed by atoms with Crippen LogP contribution in [-0.4, -0.2) is 51.8 Å². The maximum atomic E-state index is 11.6. The number of anilines is 1. The molecule has 0 amide bonds. The lowest BCUT2D eigenvalue weighted by atomic mass is 9.94. The molecule has 0 saturated carbocycles. The van der Waals surface area contributed by atoms with Gasteiger partial charge in [-0.05, 0) is 42.3 Å². The van der Waals surface area contributed by atoms with E-state index in [-0.39, 0.29) is 38.8 Å². The lowest BCUT2D eigenvalue weighted by Gasteiger charge is -2.51. The molecule has 9 heteroatoms. The molecule has 2 heterocycles. The van der Waals surface area contributed by atoms with Crippen LogP contribution in [0.2, 0.25) is 36.3 Å². The molecule has 0 aliphatic carbocycles. The Labute approximate surface area is 196 Å². The van der Waals surface area contributed by atoms with Crippen LogP contribution in [0.15, 0.2) is 18.5 Å². The highest BCUT2D eigenvalue weighted by Crippen LogP contribution is 2.43. The van der Waals surface area contributed by atoms with Crippen molar-refractivity contribution >= 4 is 28.0 Å². The van der Waals surface area contributed by atoms with Crippen molar-refractivity contribution in [3.63, 3.8) is 0 Å². The molecule has 0 aromatic carbocycles. The van der Waals surface area contributed by atoms with E-state index in [9.17, 15) is 10.1 Å². The van der Waals surface area contributed by atoms with Gasteiger partial charge in [0.05, 0.1) is 17.1 Å². The summed E-state index contributed by atoms with van der Waals surface area (Å²) in [5, 5.41) is 11.8. The van der Waals surface area contributed by atoms with E-state index in [2.05, 4.69) is 84.5 Å². The molecule has 0 unspecified atom stereocenters. The number of pyridine rings is 1. The SMILES string of the molecule is C[C@H]1CN(c2ccncc2[N+](=O)[O-])C[C@@H](O[Si](C)(C)C(C)(C)C)[C@@H]1O[Si](C)(C)C(C)(C)C. The van der Waals surface area contributed by atoms with E-state index in [0.29, 0.717) is 18.8 Å². The first kappa shape index (κ1) is 27.0. The molecule has 1 aliphatic rings. The molecule has 3 atom stereocenters. The Morgan fingerprint density at radius 1 is 1.03 bits per heavy atom. The maximum absolute atomic E-state index is 11.6. The Bertz CT molecular complexity index is 818. The van der Waals surface area contributed by atoms with Gasteiger partial charge in [0.1, 0.15) is 11.9 Å². The van der Waals surface area contributed by atoms with Gasteiger partial charge in [-0.3, -0.25) is 15.1 Å². The van der Waals surface area contributed by atoms with Crippen molar-refractivity contribution < 1.29 is 13.8 Å². The number of nitro groups is 1. The minimum Gasteiger partial charge on any atom is -0.411 e. The van der Waals surface area contributed by atoms with Crippen LogP contribution in [0.4, 0.5) is 11.4 Å². The van der Waals surface area contributed by atoms with Crippen LogP contribution in [-0.2, 0) is 8.85 Å². The number of rotatable bonds is 6. The Balaban J connectivity index is 2.45. The lowest BCUT2D eigenvalue weighted by Crippen LogP contribution is -2.61. The van der Waals surface area contributed by atoms with E-state index in [1.165, 1.54) is 6.20 Å². The summed E-state index contributed by atoms with van der Waals surface area (Å²) in [5.41, 5.74) is 0.640. The van der Waals surface area contributed by atoms with Crippen LogP contribution < -0.4 is 4.90 Å². The Kier molecular flexibility index (Phi) is 7.71. The van der Waals surface area contributed by atoms with Crippen molar-refractivity contribution in [2.24, 2.45) is 5.92 Å². The predicted molar refractivity (Wildman–Crippen MR) is 136 cm³/mol. The summed E-state index contributed by atoms with van der Waals surface area (Å²) in [4.78, 5) is 17.4. The summed E-state index contributed by atoms with van der Waals surface area (Å²) in [6.07, 6.45) is 2.76. The van der Waals surface area contributed by atoms with E-state index in [1.807, 2.05) is 0 Å². The van der Waals surface area contributed by atoms with Crippen molar-refractivity contribution in [2.75, 3.05) is 18.0 Å². The smallest absolute Gasteiger partial charge is 0.310 e. The normalized spacial score (nSPS) is 23.3. The second kappa shape index (κ2) is 9.15. The zero-order valence-corrected chi connectivity index (χ0v) is 23.9. The molecule has 32 heavy (non-hydrogen) atoms. The van der Waals surface area contributed by atoms with Crippen LogP contribution >= 0.6 is 0 Å². The summed E-state index contributed by atoms with van der Waals surface area (Å²) in [5.74, 6) is 0.167. The van der Waals surface area contributed by atoms with Gasteiger partial charge in [-0.25, -0.2) is 0 Å². The van der Waals surface area contributed by atoms with Crippen molar-refractivity contribution in [3.05, 3.63) is 28.6 Å². The fourth-order valence-corrected chi connectivity index (χ4v) is 6.30. The van der Waals surface area contributed by atoms with E-state index in [0.717, 1.165) is 0 Å². The monoisotopic (exact) mass is 481 g/mol. The van der Waals surface area contributed by atoms with Gasteiger partial charge in [-0.2, -0.15) is 0 Å². The van der Waals surface area contributed by atoms with Crippen molar-refractivity contribution in [2.45, 2.75) is 96.9 Å². The molecule has 0 N–H and O–H groups in total. The Hall–Kier alpha value is -1.30. The molecular formula is C23H43N3O4Si2. The molecule has 0 bridgehead atoms. The Morgan fingerprint density at radius 2 is 1.56 bits per heavy atom. The number of aromatic nitrogens is 1. The number of nitrogens with zero attached hydrogens (tertiary/aromatic N) is 3. The number of piperidine rings is 1. The minimum atomic E-state index is -2.09. The van der Waals surface area contributed by atoms with Crippen molar-refractivity contribution in [1.82, 2.24) is 4.98 Å². The van der Waals surface area contributed by atoms with Gasteiger partial charge in [-0.15, -0.1) is 0 Å². The molecule has 7 nitrogen and oxygen atoms in total. The molecule has 1 fully saturated rings. The van der Waals surface area contributed by atoms with Crippen molar-refractivity contribution in [3.8, 4) is 0 Å². The molecule has 0 spiro atoms. The first-order valence-corrected chi connectivity index (χ1v) is 17.4. The van der Waals surface area contributed by atoms with Crippen LogP contribution in [0.1, 0.15) is 48.5 Å². The van der Waals surface area contributed by atoms with Gasteiger partial charge in [0, 0.05) is 25.2 Å². The summed E-state index contributed by atoms with van der Waals surface area (Å²) in [6, 6.07) is 1.74. The third-order valence-corrected chi connectivity index (χ3v) is 16.6. The van der Waals surface area contributed by atoms with E-state index in [1.54, 1.807) is 12.3 Å². The van der Waals surface area contributed by atoms with Gasteiger partial charge in [0.25, 0.3) is 0 Å². The highest BCUT2D eigenvalue weighted by Gasteiger charge is 2.48. The van der Waals surface area contributed by atoms with Crippen LogP contribution in [0, 0.1) is 16.0 Å². The number of hydrogen-bond donors (Lipinski definition) is 0. The predicted octanol–water partition coefficient (Wildman–Crippen LogP) is 6.23. The summed E-state index contributed by atoms with van der Waals surface area (Å²) in [6.45, 7) is 26.0. The highest BCUT2D eigenvalue weighted by molar-refractivity contribution is 6.74. The molecule has 2 rings (SSSR count). The zero-order valence-electron chi connectivity index (χ0n) is 21.9. The van der Waals surface area contributed by atoms with Gasteiger partial charge in [-0.1, -0.05) is 48.5 Å². The van der Waals surface area contributed by atoms with E-state index in [4.69, 9.17) is 8.85 Å². The van der Waals surface area contributed by atoms with Gasteiger partial charge in [0.2, 0.25) is 0 Å². The van der Waals surface area contributed by atoms with Gasteiger partial charge < -0.3 is 13.8 Å². The first-order chi connectivity index (χ1) is 14.4. The van der Waals surface area contributed by atoms with Gasteiger partial charge >= 0.3 is 5.69 Å². The fourth-order valence-electron chi connectivity index (χ4n) is 3.57. The average Bonchev–Trinajstić information content (AvgIpc) is 2.62. The lowest BCUT2D eigenvalue weighted by molar-refractivity contribution is -0.384. The molecule has 1 saturated heterocycles. The first-order valence-electron chi connectivity index (χ1n) is 11.6. The third kappa shape index (κ3) is 5.79. The Morgan fingerprint density at radius 3 is 2.06 bits per heavy atom. The average molecular weight is 482 g/mol. The van der Waals surface area contributed by atoms with Crippen LogP contribution in [0.25, 0.3) is 0 Å². The second-order valence-electron chi connectivity index (χ2n) is 12.3. The quantitative estimate of drug-likeness (QED) is 0.272. The number of hydrogen-bond acceptors (Lipinski definition) is 6. The van der Waals surface area contributed by atoms with Crippen molar-refractivity contribution in [1.29, 1.82) is 0 Å². The topological polar surface area (TPSA) is 77.7 Å². The largest absolute Gasteiger partial charge is 0.411 e. The zero-order chi connectivity index (χ0) is 24.7. The summed E-state index contributed by atoms with van der Waals surface area (Å²) >= 11 is 0. The molecule has 1 aromatic rings. The molecule has 1 aromatic heterocycles. The molecule has 1 aliphatic heterocycles. The van der Waals surface area contributed by atoms with E-state index < -0.39 is 16.6 Å². The highest BCUT2D eigenvalue weighted by atomic mass is 28.4. The second-order valence-corrected chi connectivity index (χ2v) is 21.8. The molecule has 0 radical (unpaired) electrons. The molecule has 182 valence electrons. The maximum Gasteiger partial charge on any atom is 0.310 e. The summed E-state index contributed by atoms with van der Waals surface area (Å²) < 4.78 is 13.9. The fraction of sp³-hybridized carbons (Fsp3) is 0.783. The van der Waals surface area contributed by atoms with Crippen LogP contribution in [0.5, 0.6) is 0 Å². The standard InChI is InChI=1S/C23H43N3O4Si2/c1-17-15-25(18-12-13-24-14-19(18)26(27)28)16-20(29-31(8,9)22(2,3)4)21(17)30-32(10,11)23(5,6)7/h12-14,17,20-21H,15-16H2,1-11H3/t17-,20+,21+/m0/s1. The third-order valence-electron chi connectivity index (χ3n) is 7.64. The van der Waals surface area contributed by atoms with Gasteiger partial charge in [0.15, 0.2) is 16.6 Å². The molecular weight excluding hydrogens is 438 g/mol. The van der Waals surface area contributed by atoms with Crippen LogP contribution in [0.3, 0.4) is 0 Å².